The van der Waals surface area contributed by atoms with Gasteiger partial charge in [0.15, 0.2) is 0 Å². The smallest absolute Gasteiger partial charge is 0.195 e. The van der Waals surface area contributed by atoms with Crippen LogP contribution in [0.4, 0.5) is 0 Å². The van der Waals surface area contributed by atoms with Gasteiger partial charge in [-0.15, -0.1) is 11.8 Å². The molecule has 1 saturated heterocycles. The normalized spacial score (nSPS) is 20.7. The fraction of sp³-hybridized carbons (Fsp3) is 0.400. The van der Waals surface area contributed by atoms with Crippen LogP contribution in [-0.2, 0) is 16.8 Å². The van der Waals surface area contributed by atoms with E-state index in [2.05, 4.69) is 13.8 Å². The first-order valence-corrected chi connectivity index (χ1v) is 11.3. The molecule has 0 amide bonds. The summed E-state index contributed by atoms with van der Waals surface area (Å²) in [7, 11) is -3.45. The first-order valence-electron chi connectivity index (χ1n) is 8.95. The Bertz CT molecular complexity index is 795. The molecule has 1 fully saturated rings. The highest BCUT2D eigenvalue weighted by atomic mass is 32.2. The molecule has 2 aromatic rings. The van der Waals surface area contributed by atoms with Crippen molar-refractivity contribution in [2.75, 3.05) is 12.4 Å². The van der Waals surface area contributed by atoms with Crippen LogP contribution >= 0.6 is 11.8 Å². The molecule has 4 nitrogen and oxygen atoms in total. The first kappa shape index (κ1) is 19.4. The summed E-state index contributed by atoms with van der Waals surface area (Å²) in [6, 6.07) is 19.8. The van der Waals surface area contributed by atoms with E-state index in [1.165, 1.54) is 0 Å². The van der Waals surface area contributed by atoms with Crippen molar-refractivity contribution in [2.24, 2.45) is 5.92 Å². The van der Waals surface area contributed by atoms with Crippen molar-refractivity contribution in [2.45, 2.75) is 37.8 Å². The maximum absolute atomic E-state index is 13.1. The molecule has 26 heavy (non-hydrogen) atoms. The SMILES string of the molecule is CC(C)CC1CN(CSc2ccccc2)S(=O)(=O)N1Cc1ccccc1. The maximum Gasteiger partial charge on any atom is 0.283 e. The molecule has 3 rings (SSSR count). The minimum absolute atomic E-state index is 0.0246. The highest BCUT2D eigenvalue weighted by Gasteiger charge is 2.43. The standard InChI is InChI=1S/C20H26N2O2S2/c1-17(2)13-19-15-21(16-25-20-11-7-4-8-12-20)26(23,24)22(19)14-18-9-5-3-6-10-18/h3-12,17,19H,13-16H2,1-2H3. The monoisotopic (exact) mass is 390 g/mol. The summed E-state index contributed by atoms with van der Waals surface area (Å²) in [5.74, 6) is 0.905. The lowest BCUT2D eigenvalue weighted by atomic mass is 10.0. The van der Waals surface area contributed by atoms with E-state index in [1.807, 2.05) is 60.7 Å². The van der Waals surface area contributed by atoms with Gasteiger partial charge in [0.25, 0.3) is 10.2 Å². The lowest BCUT2D eigenvalue weighted by molar-refractivity contribution is 0.297. The van der Waals surface area contributed by atoms with Crippen LogP contribution in [0, 0.1) is 5.92 Å². The van der Waals surface area contributed by atoms with Crippen molar-refractivity contribution in [1.29, 1.82) is 0 Å². The molecular formula is C20H26N2O2S2. The molecule has 1 aliphatic rings. The lowest BCUT2D eigenvalue weighted by Crippen LogP contribution is -2.35. The predicted molar refractivity (Wildman–Crippen MR) is 108 cm³/mol. The molecule has 0 aliphatic carbocycles. The van der Waals surface area contributed by atoms with Gasteiger partial charge in [0.1, 0.15) is 0 Å². The highest BCUT2D eigenvalue weighted by molar-refractivity contribution is 8.00. The van der Waals surface area contributed by atoms with E-state index in [1.54, 1.807) is 20.4 Å². The fourth-order valence-corrected chi connectivity index (χ4v) is 6.19. The number of hydrogen-bond acceptors (Lipinski definition) is 3. The third kappa shape index (κ3) is 4.68. The second kappa shape index (κ2) is 8.57. The molecule has 0 radical (unpaired) electrons. The number of rotatable bonds is 7. The molecular weight excluding hydrogens is 364 g/mol. The fourth-order valence-electron chi connectivity index (χ4n) is 3.25. The minimum Gasteiger partial charge on any atom is -0.195 e. The van der Waals surface area contributed by atoms with Crippen molar-refractivity contribution in [1.82, 2.24) is 8.61 Å². The Labute approximate surface area is 161 Å². The average Bonchev–Trinajstić information content (AvgIpc) is 2.85. The quantitative estimate of drug-likeness (QED) is 0.665. The summed E-state index contributed by atoms with van der Waals surface area (Å²) < 4.78 is 29.6. The molecule has 0 bridgehead atoms. The molecule has 1 aliphatic heterocycles. The van der Waals surface area contributed by atoms with E-state index in [9.17, 15) is 8.42 Å². The van der Waals surface area contributed by atoms with Gasteiger partial charge in [-0.3, -0.25) is 0 Å². The lowest BCUT2D eigenvalue weighted by Gasteiger charge is -2.23. The Hall–Kier alpha value is -1.34. The topological polar surface area (TPSA) is 40.6 Å². The van der Waals surface area contributed by atoms with Gasteiger partial charge in [-0.25, -0.2) is 0 Å². The molecule has 0 spiro atoms. The molecule has 1 heterocycles. The van der Waals surface area contributed by atoms with Crippen molar-refractivity contribution in [3.63, 3.8) is 0 Å². The Kier molecular flexibility index (Phi) is 6.40. The van der Waals surface area contributed by atoms with Gasteiger partial charge in [0, 0.05) is 24.0 Å². The zero-order valence-corrected chi connectivity index (χ0v) is 16.9. The second-order valence-corrected chi connectivity index (χ2v) is 9.94. The van der Waals surface area contributed by atoms with Gasteiger partial charge in [-0.2, -0.15) is 17.0 Å². The van der Waals surface area contributed by atoms with Gasteiger partial charge >= 0.3 is 0 Å². The summed E-state index contributed by atoms with van der Waals surface area (Å²) in [6.07, 6.45) is 0.874. The van der Waals surface area contributed by atoms with Gasteiger partial charge in [-0.1, -0.05) is 62.4 Å². The van der Waals surface area contributed by atoms with E-state index in [0.717, 1.165) is 16.9 Å². The molecule has 140 valence electrons. The van der Waals surface area contributed by atoms with E-state index < -0.39 is 10.2 Å². The molecule has 6 heteroatoms. The van der Waals surface area contributed by atoms with E-state index in [4.69, 9.17) is 0 Å². The zero-order chi connectivity index (χ0) is 18.6. The molecule has 1 atom stereocenters. The van der Waals surface area contributed by atoms with Crippen LogP contribution in [0.2, 0.25) is 0 Å². The minimum atomic E-state index is -3.45. The summed E-state index contributed by atoms with van der Waals surface area (Å²) in [6.45, 7) is 5.30. The van der Waals surface area contributed by atoms with Crippen LogP contribution < -0.4 is 0 Å². The largest absolute Gasteiger partial charge is 0.283 e. The Morgan fingerprint density at radius 2 is 1.65 bits per heavy atom. The zero-order valence-electron chi connectivity index (χ0n) is 15.3. The Balaban J connectivity index is 1.77. The van der Waals surface area contributed by atoms with Crippen LogP contribution in [0.3, 0.4) is 0 Å². The van der Waals surface area contributed by atoms with Gasteiger partial charge in [0.05, 0.1) is 5.88 Å². The third-order valence-electron chi connectivity index (χ3n) is 4.49. The van der Waals surface area contributed by atoms with Crippen molar-refractivity contribution >= 4 is 22.0 Å². The van der Waals surface area contributed by atoms with Gasteiger partial charge in [-0.05, 0) is 30.0 Å². The third-order valence-corrected chi connectivity index (χ3v) is 7.65. The number of benzene rings is 2. The maximum atomic E-state index is 13.1. The highest BCUT2D eigenvalue weighted by Crippen LogP contribution is 2.31. The van der Waals surface area contributed by atoms with Crippen molar-refractivity contribution in [3.8, 4) is 0 Å². The first-order chi connectivity index (χ1) is 12.5. The van der Waals surface area contributed by atoms with Gasteiger partial charge < -0.3 is 0 Å². The molecule has 0 aromatic heterocycles. The Morgan fingerprint density at radius 1 is 1.04 bits per heavy atom. The summed E-state index contributed by atoms with van der Waals surface area (Å²) in [5.41, 5.74) is 1.03. The van der Waals surface area contributed by atoms with Crippen LogP contribution in [0.1, 0.15) is 25.8 Å². The average molecular weight is 391 g/mol. The van der Waals surface area contributed by atoms with Crippen molar-refractivity contribution < 1.29 is 8.42 Å². The number of nitrogens with zero attached hydrogens (tertiary/aromatic N) is 2. The molecule has 2 aromatic carbocycles. The van der Waals surface area contributed by atoms with Gasteiger partial charge in [0.2, 0.25) is 0 Å². The van der Waals surface area contributed by atoms with Crippen LogP contribution in [0.25, 0.3) is 0 Å². The van der Waals surface area contributed by atoms with E-state index >= 15 is 0 Å². The molecule has 1 unspecified atom stereocenters. The predicted octanol–water partition coefficient (Wildman–Crippen LogP) is 4.21. The molecule has 0 saturated carbocycles. The van der Waals surface area contributed by atoms with Crippen LogP contribution in [-0.4, -0.2) is 35.5 Å². The van der Waals surface area contributed by atoms with E-state index in [0.29, 0.717) is 24.9 Å². The summed E-state index contributed by atoms with van der Waals surface area (Å²) in [4.78, 5) is 1.09. The van der Waals surface area contributed by atoms with Crippen LogP contribution in [0.15, 0.2) is 65.6 Å². The van der Waals surface area contributed by atoms with Crippen molar-refractivity contribution in [3.05, 3.63) is 66.2 Å². The summed E-state index contributed by atoms with van der Waals surface area (Å²) in [5, 5.41) is 0. The van der Waals surface area contributed by atoms with Crippen LogP contribution in [0.5, 0.6) is 0 Å². The van der Waals surface area contributed by atoms with E-state index in [-0.39, 0.29) is 6.04 Å². The number of thioether (sulfide) groups is 1. The number of hydrogen-bond donors (Lipinski definition) is 0. The second-order valence-electron chi connectivity index (χ2n) is 7.04. The summed E-state index contributed by atoms with van der Waals surface area (Å²) >= 11 is 1.57. The Morgan fingerprint density at radius 3 is 2.27 bits per heavy atom. The molecule has 0 N–H and O–H groups in total.